The molecule has 0 saturated carbocycles. The van der Waals surface area contributed by atoms with Crippen LogP contribution in [-0.2, 0) is 6.54 Å². The molecule has 2 aromatic heterocycles. The van der Waals surface area contributed by atoms with Gasteiger partial charge in [-0.05, 0) is 18.6 Å². The van der Waals surface area contributed by atoms with E-state index in [9.17, 15) is 4.79 Å². The van der Waals surface area contributed by atoms with Crippen LogP contribution in [0, 0.1) is 0 Å². The monoisotopic (exact) mass is 357 g/mol. The normalized spacial score (nSPS) is 10.9. The molecule has 27 heavy (non-hydrogen) atoms. The van der Waals surface area contributed by atoms with Gasteiger partial charge < -0.3 is 4.57 Å². The fourth-order valence-electron chi connectivity index (χ4n) is 2.98. The van der Waals surface area contributed by atoms with Crippen molar-refractivity contribution in [2.24, 2.45) is 0 Å². The molecule has 6 nitrogen and oxygen atoms in total. The molecule has 1 N–H and O–H groups in total. The molecule has 0 saturated heterocycles. The zero-order chi connectivity index (χ0) is 18.6. The Bertz CT molecular complexity index is 1070. The molecule has 0 unspecified atom stereocenters. The van der Waals surface area contributed by atoms with Gasteiger partial charge in [-0.3, -0.25) is 10.1 Å². The molecule has 0 aliphatic heterocycles. The summed E-state index contributed by atoms with van der Waals surface area (Å²) in [6.07, 6.45) is 4.02. The Morgan fingerprint density at radius 1 is 1.00 bits per heavy atom. The Labute approximate surface area is 156 Å². The van der Waals surface area contributed by atoms with Gasteiger partial charge in [-0.2, -0.15) is 0 Å². The lowest BCUT2D eigenvalue weighted by Crippen LogP contribution is -2.16. The number of benzene rings is 2. The number of carbonyl (C=O) groups is 1. The summed E-state index contributed by atoms with van der Waals surface area (Å²) in [7, 11) is 0. The summed E-state index contributed by atoms with van der Waals surface area (Å²) in [5.74, 6) is 0.850. The average Bonchev–Trinajstić information content (AvgIpc) is 3.06. The SMILES string of the molecule is CCCn1c(NC(=O)c2cnc(-c3ccccc3)nc2)nc2ccccc21. The standard InChI is InChI=1S/C21H19N5O/c1-2-12-26-18-11-7-6-10-17(18)24-21(26)25-20(27)16-13-22-19(23-14-16)15-8-4-3-5-9-15/h3-11,13-14H,2,12H2,1H3,(H,24,25,27). The minimum Gasteiger partial charge on any atom is -0.310 e. The zero-order valence-electron chi connectivity index (χ0n) is 15.0. The van der Waals surface area contributed by atoms with E-state index in [2.05, 4.69) is 27.2 Å². The van der Waals surface area contributed by atoms with Crippen molar-refractivity contribution in [2.45, 2.75) is 19.9 Å². The summed E-state index contributed by atoms with van der Waals surface area (Å²) in [6.45, 7) is 2.87. The van der Waals surface area contributed by atoms with Crippen LogP contribution < -0.4 is 5.32 Å². The summed E-state index contributed by atoms with van der Waals surface area (Å²) in [4.78, 5) is 25.8. The van der Waals surface area contributed by atoms with E-state index in [4.69, 9.17) is 0 Å². The largest absolute Gasteiger partial charge is 0.310 e. The first-order chi connectivity index (χ1) is 13.3. The van der Waals surface area contributed by atoms with Crippen LogP contribution in [0.3, 0.4) is 0 Å². The summed E-state index contributed by atoms with van der Waals surface area (Å²) >= 11 is 0. The van der Waals surface area contributed by atoms with Crippen LogP contribution >= 0.6 is 0 Å². The number of aromatic nitrogens is 4. The van der Waals surface area contributed by atoms with Crippen molar-refractivity contribution < 1.29 is 4.79 Å². The van der Waals surface area contributed by atoms with E-state index in [0.29, 0.717) is 17.3 Å². The number of rotatable bonds is 5. The van der Waals surface area contributed by atoms with Gasteiger partial charge in [-0.1, -0.05) is 49.4 Å². The van der Waals surface area contributed by atoms with E-state index < -0.39 is 0 Å². The molecule has 0 spiro atoms. The van der Waals surface area contributed by atoms with Crippen LogP contribution in [0.5, 0.6) is 0 Å². The second-order valence-corrected chi connectivity index (χ2v) is 6.19. The van der Waals surface area contributed by atoms with Gasteiger partial charge in [0.25, 0.3) is 5.91 Å². The first-order valence-corrected chi connectivity index (χ1v) is 8.90. The van der Waals surface area contributed by atoms with Crippen molar-refractivity contribution in [2.75, 3.05) is 5.32 Å². The summed E-state index contributed by atoms with van der Waals surface area (Å²) in [5, 5.41) is 2.89. The number of nitrogens with one attached hydrogen (secondary N) is 1. The number of aryl methyl sites for hydroxylation is 1. The molecule has 1 amide bonds. The summed E-state index contributed by atoms with van der Waals surface area (Å²) < 4.78 is 2.02. The van der Waals surface area contributed by atoms with Gasteiger partial charge in [-0.15, -0.1) is 0 Å². The van der Waals surface area contributed by atoms with Gasteiger partial charge in [0.2, 0.25) is 5.95 Å². The maximum Gasteiger partial charge on any atom is 0.261 e. The van der Waals surface area contributed by atoms with Gasteiger partial charge in [0.05, 0.1) is 16.6 Å². The Hall–Kier alpha value is -3.54. The molecule has 6 heteroatoms. The average molecular weight is 357 g/mol. The third kappa shape index (κ3) is 3.42. The minimum absolute atomic E-state index is 0.276. The molecule has 0 atom stereocenters. The van der Waals surface area contributed by atoms with Crippen molar-refractivity contribution in [3.63, 3.8) is 0 Å². The lowest BCUT2D eigenvalue weighted by molar-refractivity contribution is 0.102. The Morgan fingerprint density at radius 2 is 1.70 bits per heavy atom. The maximum absolute atomic E-state index is 12.7. The van der Waals surface area contributed by atoms with E-state index in [-0.39, 0.29) is 5.91 Å². The number of anilines is 1. The van der Waals surface area contributed by atoms with Crippen LogP contribution in [0.4, 0.5) is 5.95 Å². The molecule has 0 aliphatic rings. The molecule has 4 rings (SSSR count). The highest BCUT2D eigenvalue weighted by molar-refractivity contribution is 6.03. The van der Waals surface area contributed by atoms with Crippen LogP contribution in [-0.4, -0.2) is 25.4 Å². The number of fused-ring (bicyclic) bond motifs is 1. The highest BCUT2D eigenvalue weighted by Crippen LogP contribution is 2.21. The summed E-state index contributed by atoms with van der Waals surface area (Å²) in [5.41, 5.74) is 3.17. The van der Waals surface area contributed by atoms with Crippen molar-refractivity contribution in [3.8, 4) is 11.4 Å². The molecule has 0 radical (unpaired) electrons. The van der Waals surface area contributed by atoms with Gasteiger partial charge in [-0.25, -0.2) is 15.0 Å². The van der Waals surface area contributed by atoms with Gasteiger partial charge in [0.1, 0.15) is 0 Å². The van der Waals surface area contributed by atoms with E-state index in [1.165, 1.54) is 12.4 Å². The van der Waals surface area contributed by atoms with Crippen molar-refractivity contribution in [1.82, 2.24) is 19.5 Å². The Morgan fingerprint density at radius 3 is 2.44 bits per heavy atom. The van der Waals surface area contributed by atoms with Crippen molar-refractivity contribution in [3.05, 3.63) is 72.6 Å². The number of hydrogen-bond acceptors (Lipinski definition) is 4. The van der Waals surface area contributed by atoms with Gasteiger partial charge in [0.15, 0.2) is 5.82 Å². The number of imidazole rings is 1. The van der Waals surface area contributed by atoms with E-state index in [1.54, 1.807) is 0 Å². The molecular weight excluding hydrogens is 338 g/mol. The molecule has 2 aromatic carbocycles. The smallest absolute Gasteiger partial charge is 0.261 e. The van der Waals surface area contributed by atoms with E-state index in [0.717, 1.165) is 29.6 Å². The number of para-hydroxylation sites is 2. The number of amides is 1. The maximum atomic E-state index is 12.7. The molecule has 134 valence electrons. The molecule has 4 aromatic rings. The number of nitrogens with zero attached hydrogens (tertiary/aromatic N) is 4. The molecule has 2 heterocycles. The Kier molecular flexibility index (Phi) is 4.61. The van der Waals surface area contributed by atoms with Crippen LogP contribution in [0.1, 0.15) is 23.7 Å². The van der Waals surface area contributed by atoms with Crippen LogP contribution in [0.2, 0.25) is 0 Å². The molecule has 0 bridgehead atoms. The predicted molar refractivity (Wildman–Crippen MR) is 105 cm³/mol. The second kappa shape index (κ2) is 7.37. The first-order valence-electron chi connectivity index (χ1n) is 8.90. The fourth-order valence-corrected chi connectivity index (χ4v) is 2.98. The first kappa shape index (κ1) is 16.9. The van der Waals surface area contributed by atoms with Crippen molar-refractivity contribution in [1.29, 1.82) is 0 Å². The quantitative estimate of drug-likeness (QED) is 0.582. The van der Waals surface area contributed by atoms with Crippen LogP contribution in [0.15, 0.2) is 67.0 Å². The van der Waals surface area contributed by atoms with Gasteiger partial charge >= 0.3 is 0 Å². The minimum atomic E-state index is -0.276. The van der Waals surface area contributed by atoms with Crippen LogP contribution in [0.25, 0.3) is 22.4 Å². The number of hydrogen-bond donors (Lipinski definition) is 1. The third-order valence-corrected chi connectivity index (χ3v) is 4.27. The topological polar surface area (TPSA) is 72.7 Å². The van der Waals surface area contributed by atoms with E-state index in [1.807, 2.05) is 59.2 Å². The Balaban J connectivity index is 1.59. The highest BCUT2D eigenvalue weighted by atomic mass is 16.1. The zero-order valence-corrected chi connectivity index (χ0v) is 15.0. The highest BCUT2D eigenvalue weighted by Gasteiger charge is 2.14. The predicted octanol–water partition coefficient (Wildman–Crippen LogP) is 4.16. The van der Waals surface area contributed by atoms with Crippen molar-refractivity contribution >= 4 is 22.9 Å². The summed E-state index contributed by atoms with van der Waals surface area (Å²) in [6, 6.07) is 17.5. The fraction of sp³-hybridized carbons (Fsp3) is 0.143. The molecular formula is C21H19N5O. The number of carbonyl (C=O) groups excluding carboxylic acids is 1. The molecule has 0 fully saturated rings. The van der Waals surface area contributed by atoms with E-state index >= 15 is 0 Å². The van der Waals surface area contributed by atoms with Gasteiger partial charge in [0, 0.05) is 24.5 Å². The molecule has 0 aliphatic carbocycles. The second-order valence-electron chi connectivity index (χ2n) is 6.19. The third-order valence-electron chi connectivity index (χ3n) is 4.27. The lowest BCUT2D eigenvalue weighted by atomic mass is 10.2. The lowest BCUT2D eigenvalue weighted by Gasteiger charge is -2.09.